The molecule has 0 spiro atoms. The van der Waals surface area contributed by atoms with Crippen molar-refractivity contribution >= 4 is 21.9 Å². The van der Waals surface area contributed by atoms with E-state index in [0.717, 1.165) is 5.56 Å². The summed E-state index contributed by atoms with van der Waals surface area (Å²) in [7, 11) is -3.06. The average Bonchev–Trinajstić information content (AvgIpc) is 2.69. The molecule has 0 radical (unpaired) electrons. The number of benzene rings is 1. The zero-order valence-corrected chi connectivity index (χ0v) is 11.5. The second-order valence-electron chi connectivity index (χ2n) is 4.76. The van der Waals surface area contributed by atoms with Gasteiger partial charge in [0.15, 0.2) is 9.84 Å². The Kier molecular flexibility index (Phi) is 3.75. The first-order chi connectivity index (χ1) is 8.90. The Labute approximate surface area is 112 Å². The fourth-order valence-electron chi connectivity index (χ4n) is 2.09. The van der Waals surface area contributed by atoms with E-state index in [9.17, 15) is 13.2 Å². The van der Waals surface area contributed by atoms with Gasteiger partial charge in [-0.3, -0.25) is 4.79 Å². The predicted octanol–water partition coefficient (Wildman–Crippen LogP) is 2.42. The molecule has 1 aromatic rings. The van der Waals surface area contributed by atoms with E-state index in [0.29, 0.717) is 23.3 Å². The molecule has 1 aliphatic rings. The van der Waals surface area contributed by atoms with Gasteiger partial charge < -0.3 is 5.11 Å². The van der Waals surface area contributed by atoms with Gasteiger partial charge in [0.25, 0.3) is 0 Å². The maximum absolute atomic E-state index is 11.7. The quantitative estimate of drug-likeness (QED) is 0.923. The van der Waals surface area contributed by atoms with E-state index in [1.54, 1.807) is 37.3 Å². The van der Waals surface area contributed by atoms with Gasteiger partial charge in [-0.1, -0.05) is 24.3 Å². The van der Waals surface area contributed by atoms with Crippen molar-refractivity contribution < 1.29 is 18.3 Å². The molecule has 1 aromatic carbocycles. The molecule has 1 N–H and O–H groups in total. The Hall–Kier alpha value is -1.62. The lowest BCUT2D eigenvalue weighted by molar-refractivity contribution is -0.138. The van der Waals surface area contributed by atoms with E-state index in [1.165, 1.54) is 0 Å². The Balaban J connectivity index is 2.25. The van der Waals surface area contributed by atoms with Crippen molar-refractivity contribution in [3.05, 3.63) is 40.3 Å². The highest BCUT2D eigenvalue weighted by Gasteiger charge is 2.24. The van der Waals surface area contributed by atoms with Crippen LogP contribution in [-0.4, -0.2) is 25.2 Å². The van der Waals surface area contributed by atoms with Crippen LogP contribution in [0.1, 0.15) is 36.8 Å². The summed E-state index contributed by atoms with van der Waals surface area (Å²) in [4.78, 5) is 11.3. The number of carboxylic acid groups (broad SMARTS) is 1. The summed E-state index contributed by atoms with van der Waals surface area (Å²) < 4.78 is 23.4. The monoisotopic (exact) mass is 280 g/mol. The number of carboxylic acids is 1. The van der Waals surface area contributed by atoms with Gasteiger partial charge in [0.1, 0.15) is 0 Å². The van der Waals surface area contributed by atoms with E-state index in [-0.39, 0.29) is 5.75 Å². The van der Waals surface area contributed by atoms with Crippen LogP contribution in [0.25, 0.3) is 6.08 Å². The molecule has 1 aliphatic heterocycles. The summed E-state index contributed by atoms with van der Waals surface area (Å²) in [5, 5.41) is 8.91. The first-order valence-corrected chi connectivity index (χ1v) is 7.81. The summed E-state index contributed by atoms with van der Waals surface area (Å²) >= 11 is 0. The van der Waals surface area contributed by atoms with Crippen molar-refractivity contribution in [3.8, 4) is 0 Å². The molecule has 0 aliphatic carbocycles. The lowest BCUT2D eigenvalue weighted by Crippen LogP contribution is -2.07. The first-order valence-electron chi connectivity index (χ1n) is 6.16. The third-order valence-electron chi connectivity index (χ3n) is 3.37. The highest BCUT2D eigenvalue weighted by atomic mass is 32.2. The number of carbonyl (C=O) groups is 1. The molecule has 0 aromatic heterocycles. The van der Waals surface area contributed by atoms with Crippen LogP contribution >= 0.6 is 0 Å². The highest BCUT2D eigenvalue weighted by Crippen LogP contribution is 2.26. The first kappa shape index (κ1) is 13.8. The van der Waals surface area contributed by atoms with Crippen LogP contribution in [0, 0.1) is 0 Å². The van der Waals surface area contributed by atoms with Crippen molar-refractivity contribution in [2.45, 2.75) is 25.7 Å². The molecule has 102 valence electrons. The maximum atomic E-state index is 11.7. The van der Waals surface area contributed by atoms with E-state index in [4.69, 9.17) is 5.11 Å². The fourth-order valence-corrected chi connectivity index (χ4v) is 3.65. The van der Waals surface area contributed by atoms with Crippen LogP contribution in [-0.2, 0) is 14.6 Å². The van der Waals surface area contributed by atoms with E-state index < -0.39 is 21.7 Å². The van der Waals surface area contributed by atoms with Crippen LogP contribution in [0.5, 0.6) is 0 Å². The molecule has 1 saturated heterocycles. The van der Waals surface area contributed by atoms with E-state index in [1.807, 2.05) is 0 Å². The van der Waals surface area contributed by atoms with Crippen LogP contribution in [0.3, 0.4) is 0 Å². The third-order valence-corrected chi connectivity index (χ3v) is 5.32. The average molecular weight is 280 g/mol. The third kappa shape index (κ3) is 3.04. The second-order valence-corrected chi connectivity index (χ2v) is 6.92. The summed E-state index contributed by atoms with van der Waals surface area (Å²) in [5.74, 6) is -1.20. The number of hydrogen-bond acceptors (Lipinski definition) is 3. The number of aliphatic carboxylic acids is 1. The molecule has 0 bridgehead atoms. The number of rotatable bonds is 3. The molecule has 0 saturated carbocycles. The van der Waals surface area contributed by atoms with Gasteiger partial charge >= 0.3 is 5.97 Å². The molecule has 1 unspecified atom stereocenters. The smallest absolute Gasteiger partial charge is 0.310 e. The molecule has 0 amide bonds. The summed E-state index contributed by atoms with van der Waals surface area (Å²) in [6.07, 6.45) is 2.95. The van der Waals surface area contributed by atoms with Gasteiger partial charge in [-0.2, -0.15) is 0 Å². The lowest BCUT2D eigenvalue weighted by Gasteiger charge is -2.06. The lowest BCUT2D eigenvalue weighted by atomic mass is 10.00. The van der Waals surface area contributed by atoms with E-state index in [2.05, 4.69) is 0 Å². The van der Waals surface area contributed by atoms with Crippen molar-refractivity contribution in [2.24, 2.45) is 0 Å². The topological polar surface area (TPSA) is 71.4 Å². The molecular formula is C14H16O4S. The van der Waals surface area contributed by atoms with Gasteiger partial charge in [0, 0.05) is 4.91 Å². The van der Waals surface area contributed by atoms with Crippen LogP contribution in [0.15, 0.2) is 29.2 Å². The zero-order valence-electron chi connectivity index (χ0n) is 10.7. The van der Waals surface area contributed by atoms with Crippen molar-refractivity contribution in [2.75, 3.05) is 5.75 Å². The second kappa shape index (κ2) is 5.17. The normalized spacial score (nSPS) is 21.4. The van der Waals surface area contributed by atoms with Crippen molar-refractivity contribution in [1.29, 1.82) is 0 Å². The van der Waals surface area contributed by atoms with Gasteiger partial charge in [0.2, 0.25) is 0 Å². The largest absolute Gasteiger partial charge is 0.481 e. The van der Waals surface area contributed by atoms with Crippen LogP contribution < -0.4 is 0 Å². The SMILES string of the molecule is CC(C(=O)O)c1ccc(/C=C2/CCCS2(=O)=O)cc1. The summed E-state index contributed by atoms with van der Waals surface area (Å²) in [6, 6.07) is 6.98. The molecule has 5 heteroatoms. The molecular weight excluding hydrogens is 264 g/mol. The number of hydrogen-bond donors (Lipinski definition) is 1. The Morgan fingerprint density at radius 2 is 1.95 bits per heavy atom. The molecule has 2 rings (SSSR count). The standard InChI is InChI=1S/C14H16O4S/c1-10(14(15)16)12-6-4-11(5-7-12)9-13-3-2-8-19(13,17)18/h4-7,9-10H,2-3,8H2,1H3,(H,15,16)/b13-9-. The minimum Gasteiger partial charge on any atom is -0.481 e. The summed E-state index contributed by atoms with van der Waals surface area (Å²) in [6.45, 7) is 1.62. The van der Waals surface area contributed by atoms with Crippen LogP contribution in [0.4, 0.5) is 0 Å². The Morgan fingerprint density at radius 3 is 2.42 bits per heavy atom. The fraction of sp³-hybridized carbons (Fsp3) is 0.357. The molecule has 1 fully saturated rings. The summed E-state index contributed by atoms with van der Waals surface area (Å²) in [5.41, 5.74) is 1.51. The van der Waals surface area contributed by atoms with Crippen molar-refractivity contribution in [3.63, 3.8) is 0 Å². The van der Waals surface area contributed by atoms with Crippen LogP contribution in [0.2, 0.25) is 0 Å². The number of sulfone groups is 1. The number of allylic oxidation sites excluding steroid dienone is 1. The minimum atomic E-state index is -3.06. The molecule has 4 nitrogen and oxygen atoms in total. The van der Waals surface area contributed by atoms with E-state index >= 15 is 0 Å². The van der Waals surface area contributed by atoms with Gasteiger partial charge in [-0.05, 0) is 37.0 Å². The molecule has 1 heterocycles. The zero-order chi connectivity index (χ0) is 14.0. The Morgan fingerprint density at radius 1 is 1.32 bits per heavy atom. The maximum Gasteiger partial charge on any atom is 0.310 e. The minimum absolute atomic E-state index is 0.229. The molecule has 19 heavy (non-hydrogen) atoms. The van der Waals surface area contributed by atoms with Crippen molar-refractivity contribution in [1.82, 2.24) is 0 Å². The highest BCUT2D eigenvalue weighted by molar-refractivity contribution is 7.95. The molecule has 1 atom stereocenters. The van der Waals surface area contributed by atoms with Gasteiger partial charge in [-0.15, -0.1) is 0 Å². The Bertz CT molecular complexity index is 611. The van der Waals surface area contributed by atoms with Gasteiger partial charge in [0.05, 0.1) is 11.7 Å². The predicted molar refractivity (Wildman–Crippen MR) is 73.5 cm³/mol. The van der Waals surface area contributed by atoms with Gasteiger partial charge in [-0.25, -0.2) is 8.42 Å².